The molecule has 3 aromatic rings. The van der Waals surface area contributed by atoms with Crippen molar-refractivity contribution in [3.8, 4) is 28.6 Å². The lowest BCUT2D eigenvalue weighted by atomic mass is 10.1. The van der Waals surface area contributed by atoms with Crippen LogP contribution >= 0.6 is 11.8 Å². The van der Waals surface area contributed by atoms with Crippen molar-refractivity contribution >= 4 is 23.6 Å². The second-order valence-corrected chi connectivity index (χ2v) is 10.7. The number of methoxy groups -OCH3 is 2. The molecule has 0 spiro atoms. The van der Waals surface area contributed by atoms with Crippen LogP contribution < -0.4 is 9.47 Å². The molecule has 1 atom stereocenters. The topological polar surface area (TPSA) is 89.8 Å². The molecule has 2 aromatic carbocycles. The summed E-state index contributed by atoms with van der Waals surface area (Å²) in [6.07, 6.45) is 0.533. The van der Waals surface area contributed by atoms with Gasteiger partial charge in [0.05, 0.1) is 20.0 Å². The highest BCUT2D eigenvalue weighted by atomic mass is 32.2. The second kappa shape index (κ2) is 12.3. The van der Waals surface area contributed by atoms with Crippen molar-refractivity contribution in [3.63, 3.8) is 0 Å². The molecular formula is C28H35N5O4S. The average Bonchev–Trinajstić information content (AvgIpc) is 3.35. The number of benzene rings is 2. The Bertz CT molecular complexity index is 1260. The molecule has 1 aliphatic rings. The highest BCUT2D eigenvalue weighted by molar-refractivity contribution is 7.99. The fourth-order valence-electron chi connectivity index (χ4n) is 4.52. The standard InChI is InChI=1S/C28H35N5O4S/c1-19(2)15-25(34)32-14-13-31(17-20(32)3)26(35)18-38-28-30-29-27(21-7-6-8-24(16-21)37-5)33(28)22-9-11-23(36-4)12-10-22/h6-12,16,19-20H,13-15,17-18H2,1-5H3. The van der Waals surface area contributed by atoms with E-state index in [1.807, 2.05) is 83.7 Å². The van der Waals surface area contributed by atoms with Crippen LogP contribution in [0.5, 0.6) is 11.5 Å². The van der Waals surface area contributed by atoms with Gasteiger partial charge in [-0.3, -0.25) is 14.2 Å². The summed E-state index contributed by atoms with van der Waals surface area (Å²) in [5, 5.41) is 9.53. The maximum Gasteiger partial charge on any atom is 0.233 e. The van der Waals surface area contributed by atoms with Crippen LogP contribution in [0.1, 0.15) is 27.2 Å². The molecule has 0 aliphatic carbocycles. The summed E-state index contributed by atoms with van der Waals surface area (Å²) in [6, 6.07) is 15.3. The van der Waals surface area contributed by atoms with E-state index in [0.717, 1.165) is 22.7 Å². The average molecular weight is 538 g/mol. The number of piperazine rings is 1. The molecule has 202 valence electrons. The van der Waals surface area contributed by atoms with Crippen molar-refractivity contribution in [1.29, 1.82) is 0 Å². The zero-order chi connectivity index (χ0) is 27.2. The minimum absolute atomic E-state index is 0.00781. The number of ether oxygens (including phenoxy) is 2. The lowest BCUT2D eigenvalue weighted by molar-refractivity contribution is -0.141. The van der Waals surface area contributed by atoms with E-state index in [4.69, 9.17) is 9.47 Å². The zero-order valence-corrected chi connectivity index (χ0v) is 23.4. The number of aromatic nitrogens is 3. The van der Waals surface area contributed by atoms with Gasteiger partial charge in [0.1, 0.15) is 11.5 Å². The largest absolute Gasteiger partial charge is 0.497 e. The normalized spacial score (nSPS) is 15.6. The van der Waals surface area contributed by atoms with E-state index >= 15 is 0 Å². The zero-order valence-electron chi connectivity index (χ0n) is 22.6. The summed E-state index contributed by atoms with van der Waals surface area (Å²) < 4.78 is 12.7. The summed E-state index contributed by atoms with van der Waals surface area (Å²) in [6.45, 7) is 7.72. The van der Waals surface area contributed by atoms with Gasteiger partial charge in [0.15, 0.2) is 11.0 Å². The SMILES string of the molecule is COc1ccc(-n2c(SCC(=O)N3CCN(C(=O)CC(C)C)C(C)C3)nnc2-c2cccc(OC)c2)cc1. The predicted octanol–water partition coefficient (Wildman–Crippen LogP) is 4.15. The first-order chi connectivity index (χ1) is 18.3. The van der Waals surface area contributed by atoms with Crippen molar-refractivity contribution in [2.75, 3.05) is 39.6 Å². The van der Waals surface area contributed by atoms with Gasteiger partial charge in [-0.15, -0.1) is 10.2 Å². The molecule has 2 heterocycles. The van der Waals surface area contributed by atoms with Gasteiger partial charge in [-0.25, -0.2) is 0 Å². The number of thioether (sulfide) groups is 1. The molecule has 0 saturated carbocycles. The third-order valence-corrected chi connectivity index (χ3v) is 7.41. The molecule has 1 aromatic heterocycles. The highest BCUT2D eigenvalue weighted by Crippen LogP contribution is 2.30. The number of carbonyl (C=O) groups is 2. The molecule has 38 heavy (non-hydrogen) atoms. The molecule has 1 unspecified atom stereocenters. The maximum atomic E-state index is 13.2. The first-order valence-electron chi connectivity index (χ1n) is 12.7. The van der Waals surface area contributed by atoms with Crippen LogP contribution in [-0.4, -0.2) is 82.0 Å². The number of carbonyl (C=O) groups excluding carboxylic acids is 2. The Labute approximate surface area is 228 Å². The van der Waals surface area contributed by atoms with Crippen molar-refractivity contribution < 1.29 is 19.1 Å². The van der Waals surface area contributed by atoms with Gasteiger partial charge in [0, 0.05) is 43.3 Å². The van der Waals surface area contributed by atoms with Crippen LogP contribution in [0.4, 0.5) is 0 Å². The van der Waals surface area contributed by atoms with Gasteiger partial charge in [-0.1, -0.05) is 37.7 Å². The summed E-state index contributed by atoms with van der Waals surface area (Å²) in [5.41, 5.74) is 1.70. The molecule has 10 heteroatoms. The summed E-state index contributed by atoms with van der Waals surface area (Å²) >= 11 is 1.35. The lowest BCUT2D eigenvalue weighted by Gasteiger charge is -2.40. The van der Waals surface area contributed by atoms with E-state index in [1.54, 1.807) is 14.2 Å². The number of hydrogen-bond donors (Lipinski definition) is 0. The van der Waals surface area contributed by atoms with Gasteiger partial charge < -0.3 is 19.3 Å². The maximum absolute atomic E-state index is 13.2. The predicted molar refractivity (Wildman–Crippen MR) is 148 cm³/mol. The Morgan fingerprint density at radius 2 is 1.74 bits per heavy atom. The molecule has 0 N–H and O–H groups in total. The molecular weight excluding hydrogens is 502 g/mol. The first kappa shape index (κ1) is 27.5. The van der Waals surface area contributed by atoms with Crippen LogP contribution in [0.2, 0.25) is 0 Å². The fourth-order valence-corrected chi connectivity index (χ4v) is 5.37. The van der Waals surface area contributed by atoms with Crippen LogP contribution in [0.15, 0.2) is 53.7 Å². The van der Waals surface area contributed by atoms with E-state index in [2.05, 4.69) is 10.2 Å². The van der Waals surface area contributed by atoms with Gasteiger partial charge in [0.25, 0.3) is 0 Å². The summed E-state index contributed by atoms with van der Waals surface area (Å²) in [7, 11) is 3.25. The molecule has 1 saturated heterocycles. The fraction of sp³-hybridized carbons (Fsp3) is 0.429. The quantitative estimate of drug-likeness (QED) is 0.379. The number of hydrogen-bond acceptors (Lipinski definition) is 7. The van der Waals surface area contributed by atoms with Crippen LogP contribution in [0, 0.1) is 5.92 Å². The molecule has 4 rings (SSSR count). The molecule has 9 nitrogen and oxygen atoms in total. The molecule has 0 bridgehead atoms. The Morgan fingerprint density at radius 1 is 1.00 bits per heavy atom. The van der Waals surface area contributed by atoms with Gasteiger partial charge >= 0.3 is 0 Å². The van der Waals surface area contributed by atoms with E-state index in [0.29, 0.717) is 43.0 Å². The number of nitrogens with zero attached hydrogens (tertiary/aromatic N) is 5. The Hall–Kier alpha value is -3.53. The van der Waals surface area contributed by atoms with E-state index in [-0.39, 0.29) is 23.6 Å². The first-order valence-corrected chi connectivity index (χ1v) is 13.7. The van der Waals surface area contributed by atoms with E-state index in [9.17, 15) is 9.59 Å². The third-order valence-electron chi connectivity index (χ3n) is 6.50. The van der Waals surface area contributed by atoms with Gasteiger partial charge in [0.2, 0.25) is 11.8 Å². The molecule has 1 aliphatic heterocycles. The monoisotopic (exact) mass is 537 g/mol. The minimum atomic E-state index is -0.00781. The van der Waals surface area contributed by atoms with Crippen LogP contribution in [0.25, 0.3) is 17.1 Å². The molecule has 0 radical (unpaired) electrons. The highest BCUT2D eigenvalue weighted by Gasteiger charge is 2.30. The van der Waals surface area contributed by atoms with Gasteiger partial charge in [-0.05, 0) is 49.2 Å². The Kier molecular flexibility index (Phi) is 8.93. The van der Waals surface area contributed by atoms with Crippen LogP contribution in [0.3, 0.4) is 0 Å². The molecule has 2 amide bonds. The van der Waals surface area contributed by atoms with Crippen molar-refractivity contribution in [2.45, 2.75) is 38.4 Å². The van der Waals surface area contributed by atoms with Crippen molar-refractivity contribution in [2.24, 2.45) is 5.92 Å². The van der Waals surface area contributed by atoms with Crippen molar-refractivity contribution in [3.05, 3.63) is 48.5 Å². The van der Waals surface area contributed by atoms with E-state index in [1.165, 1.54) is 11.8 Å². The summed E-state index contributed by atoms with van der Waals surface area (Å²) in [5.74, 6) is 2.83. The number of amides is 2. The van der Waals surface area contributed by atoms with Crippen molar-refractivity contribution in [1.82, 2.24) is 24.6 Å². The van der Waals surface area contributed by atoms with E-state index < -0.39 is 0 Å². The Balaban J connectivity index is 1.51. The Morgan fingerprint density at radius 3 is 2.39 bits per heavy atom. The minimum Gasteiger partial charge on any atom is -0.497 e. The molecule has 1 fully saturated rings. The summed E-state index contributed by atoms with van der Waals surface area (Å²) in [4.78, 5) is 29.5. The van der Waals surface area contributed by atoms with Gasteiger partial charge in [-0.2, -0.15) is 0 Å². The van der Waals surface area contributed by atoms with Crippen LogP contribution in [-0.2, 0) is 9.59 Å². The lowest BCUT2D eigenvalue weighted by Crippen LogP contribution is -2.55. The smallest absolute Gasteiger partial charge is 0.233 e. The third kappa shape index (κ3) is 6.30. The number of rotatable bonds is 9. The second-order valence-electron chi connectivity index (χ2n) is 9.73.